The Morgan fingerprint density at radius 1 is 0.925 bits per heavy atom. The molecule has 1 fully saturated rings. The van der Waals surface area contributed by atoms with Gasteiger partial charge in [-0.2, -0.15) is 5.10 Å². The van der Waals surface area contributed by atoms with E-state index in [1.807, 2.05) is 27.7 Å². The summed E-state index contributed by atoms with van der Waals surface area (Å²) in [5.74, 6) is 0. The largest absolute Gasteiger partial charge is 0.501 e. The fourth-order valence-electron chi connectivity index (χ4n) is 3.81. The van der Waals surface area contributed by atoms with Crippen molar-refractivity contribution in [3.05, 3.63) is 81.2 Å². The number of para-hydroxylation sites is 2. The summed E-state index contributed by atoms with van der Waals surface area (Å²) in [5, 5.41) is 26.3. The third-order valence-electron chi connectivity index (χ3n) is 6.91. The maximum Gasteiger partial charge on any atom is 0.501 e. The van der Waals surface area contributed by atoms with Crippen LogP contribution >= 0.6 is 0 Å². The lowest BCUT2D eigenvalue weighted by Gasteiger charge is -2.32. The van der Waals surface area contributed by atoms with Gasteiger partial charge in [0.05, 0.1) is 38.3 Å². The lowest BCUT2D eigenvalue weighted by atomic mass is 9.78. The Morgan fingerprint density at radius 2 is 1.48 bits per heavy atom. The highest BCUT2D eigenvalue weighted by molar-refractivity contribution is 6.76. The molecular formula is C27H37BN4O7Si. The summed E-state index contributed by atoms with van der Waals surface area (Å²) in [6.45, 7) is 15.7. The first-order valence-electron chi connectivity index (χ1n) is 13.0. The Labute approximate surface area is 235 Å². The SMILES string of the molecule is CC1(C)OB(c2ccccc2[N+](=O)[O-])OC1(C)C.C[Si](C)(C)CCOCn1cc(-c2ccccc2[N+](=O)[O-])cn1. The van der Waals surface area contributed by atoms with Crippen LogP contribution in [0.5, 0.6) is 0 Å². The second-order valence-corrected chi connectivity index (χ2v) is 17.4. The summed E-state index contributed by atoms with van der Waals surface area (Å²) in [7, 11) is -1.79. The Bertz CT molecular complexity index is 1320. The minimum Gasteiger partial charge on any atom is -0.399 e. The van der Waals surface area contributed by atoms with Crippen LogP contribution in [0.25, 0.3) is 11.1 Å². The van der Waals surface area contributed by atoms with Crippen LogP contribution in [0.3, 0.4) is 0 Å². The molecule has 0 N–H and O–H groups in total. The molecule has 0 unspecified atom stereocenters. The van der Waals surface area contributed by atoms with Gasteiger partial charge in [-0.1, -0.05) is 50.0 Å². The zero-order valence-electron chi connectivity index (χ0n) is 24.1. The van der Waals surface area contributed by atoms with Gasteiger partial charge in [0.25, 0.3) is 11.4 Å². The molecule has 3 aromatic rings. The molecule has 2 heterocycles. The van der Waals surface area contributed by atoms with Gasteiger partial charge in [-0.15, -0.1) is 0 Å². The third kappa shape index (κ3) is 7.84. The Kier molecular flexibility index (Phi) is 9.67. The molecule has 0 radical (unpaired) electrons. The first-order chi connectivity index (χ1) is 18.6. The molecule has 11 nitrogen and oxygen atoms in total. The van der Waals surface area contributed by atoms with Crippen LogP contribution in [-0.4, -0.2) is 52.6 Å². The zero-order valence-corrected chi connectivity index (χ0v) is 25.1. The fraction of sp³-hybridized carbons (Fsp3) is 0.444. The Hall–Kier alpha value is -3.39. The summed E-state index contributed by atoms with van der Waals surface area (Å²) >= 11 is 0. The van der Waals surface area contributed by atoms with E-state index in [4.69, 9.17) is 14.0 Å². The first-order valence-corrected chi connectivity index (χ1v) is 16.7. The molecule has 1 aliphatic heterocycles. The number of benzene rings is 2. The molecule has 0 spiro atoms. The van der Waals surface area contributed by atoms with Crippen molar-refractivity contribution in [2.24, 2.45) is 0 Å². The quantitative estimate of drug-likeness (QED) is 0.140. The molecule has 0 bridgehead atoms. The number of aromatic nitrogens is 2. The van der Waals surface area contributed by atoms with E-state index < -0.39 is 31.3 Å². The van der Waals surface area contributed by atoms with Crippen molar-refractivity contribution >= 4 is 32.0 Å². The van der Waals surface area contributed by atoms with E-state index in [1.165, 1.54) is 12.1 Å². The molecule has 0 aliphatic carbocycles. The first kappa shape index (κ1) is 31.1. The van der Waals surface area contributed by atoms with Crippen molar-refractivity contribution < 1.29 is 23.9 Å². The molecular weight excluding hydrogens is 531 g/mol. The molecule has 13 heteroatoms. The van der Waals surface area contributed by atoms with Gasteiger partial charge < -0.3 is 14.0 Å². The van der Waals surface area contributed by atoms with E-state index in [1.54, 1.807) is 53.5 Å². The van der Waals surface area contributed by atoms with Crippen LogP contribution in [0, 0.1) is 20.2 Å². The highest BCUT2D eigenvalue weighted by atomic mass is 28.3. The van der Waals surface area contributed by atoms with E-state index in [-0.39, 0.29) is 16.3 Å². The topological polar surface area (TPSA) is 132 Å². The van der Waals surface area contributed by atoms with Crippen LogP contribution in [0.4, 0.5) is 11.4 Å². The van der Waals surface area contributed by atoms with E-state index in [0.717, 1.165) is 18.2 Å². The molecule has 40 heavy (non-hydrogen) atoms. The molecule has 1 aliphatic rings. The molecule has 1 aromatic heterocycles. The highest BCUT2D eigenvalue weighted by Gasteiger charge is 2.53. The monoisotopic (exact) mass is 568 g/mol. The van der Waals surface area contributed by atoms with E-state index in [9.17, 15) is 20.2 Å². The van der Waals surface area contributed by atoms with E-state index in [0.29, 0.717) is 17.8 Å². The predicted molar refractivity (Wildman–Crippen MR) is 157 cm³/mol. The van der Waals surface area contributed by atoms with Gasteiger partial charge in [0, 0.05) is 38.6 Å². The fourth-order valence-corrected chi connectivity index (χ4v) is 4.57. The maximum absolute atomic E-state index is 11.1. The summed E-state index contributed by atoms with van der Waals surface area (Å²) < 4.78 is 18.9. The van der Waals surface area contributed by atoms with E-state index >= 15 is 0 Å². The summed E-state index contributed by atoms with van der Waals surface area (Å²) in [6, 6.07) is 14.3. The third-order valence-corrected chi connectivity index (χ3v) is 8.61. The van der Waals surface area contributed by atoms with Crippen LogP contribution in [0.1, 0.15) is 27.7 Å². The second kappa shape index (κ2) is 12.4. The van der Waals surface area contributed by atoms with Gasteiger partial charge in [-0.3, -0.25) is 20.2 Å². The van der Waals surface area contributed by atoms with Gasteiger partial charge in [0.1, 0.15) is 6.73 Å². The number of nitrogens with zero attached hydrogens (tertiary/aromatic N) is 4. The smallest absolute Gasteiger partial charge is 0.399 e. The standard InChI is InChI=1S/C15H21N3O3Si.C12H16BNO4/c1-22(2,3)9-8-21-12-17-11-13(10-16-17)14-6-4-5-7-15(14)18(19)20;1-11(2)12(3,4)18-13(17-11)9-7-5-6-8-10(9)14(15)16/h4-7,10-11H,8-9,12H2,1-3H3;5-8H,1-4H3. The summed E-state index contributed by atoms with van der Waals surface area (Å²) in [6.07, 6.45) is 3.40. The normalized spacial score (nSPS) is 15.8. The summed E-state index contributed by atoms with van der Waals surface area (Å²) in [5.41, 5.74) is 0.865. The van der Waals surface area contributed by atoms with Crippen molar-refractivity contribution in [2.75, 3.05) is 6.61 Å². The summed E-state index contributed by atoms with van der Waals surface area (Å²) in [4.78, 5) is 21.3. The molecule has 2 aromatic carbocycles. The van der Waals surface area contributed by atoms with Crippen LogP contribution in [0.15, 0.2) is 60.9 Å². The molecule has 1 saturated heterocycles. The highest BCUT2D eigenvalue weighted by Crippen LogP contribution is 2.37. The number of nitro groups is 2. The van der Waals surface area contributed by atoms with E-state index in [2.05, 4.69) is 24.7 Å². The molecule has 0 amide bonds. The molecule has 214 valence electrons. The van der Waals surface area contributed by atoms with Crippen molar-refractivity contribution in [3.8, 4) is 11.1 Å². The van der Waals surface area contributed by atoms with Crippen LogP contribution in [0.2, 0.25) is 25.7 Å². The zero-order chi connectivity index (χ0) is 29.7. The Balaban J connectivity index is 0.000000225. The number of nitro benzene ring substituents is 2. The van der Waals surface area contributed by atoms with Gasteiger partial charge in [0.15, 0.2) is 0 Å². The minimum atomic E-state index is -1.09. The second-order valence-electron chi connectivity index (χ2n) is 11.8. The van der Waals surface area contributed by atoms with Crippen molar-refractivity contribution in [2.45, 2.75) is 71.3 Å². The van der Waals surface area contributed by atoms with Crippen LogP contribution in [-0.2, 0) is 20.8 Å². The Morgan fingerprint density at radius 3 is 2.05 bits per heavy atom. The van der Waals surface area contributed by atoms with Crippen LogP contribution < -0.4 is 5.46 Å². The lowest BCUT2D eigenvalue weighted by Crippen LogP contribution is -2.41. The predicted octanol–water partition coefficient (Wildman–Crippen LogP) is 5.66. The van der Waals surface area contributed by atoms with Crippen molar-refractivity contribution in [3.63, 3.8) is 0 Å². The van der Waals surface area contributed by atoms with Gasteiger partial charge in [0.2, 0.25) is 0 Å². The molecule has 4 rings (SSSR count). The van der Waals surface area contributed by atoms with Crippen molar-refractivity contribution in [1.82, 2.24) is 9.78 Å². The van der Waals surface area contributed by atoms with Gasteiger partial charge >= 0.3 is 7.12 Å². The molecule has 0 saturated carbocycles. The van der Waals surface area contributed by atoms with Gasteiger partial charge in [-0.05, 0) is 39.8 Å². The minimum absolute atomic E-state index is 0.0241. The van der Waals surface area contributed by atoms with Crippen molar-refractivity contribution in [1.29, 1.82) is 0 Å². The lowest BCUT2D eigenvalue weighted by molar-refractivity contribution is -0.384. The number of hydrogen-bond acceptors (Lipinski definition) is 8. The average Bonchev–Trinajstić information content (AvgIpc) is 3.42. The number of hydrogen-bond donors (Lipinski definition) is 0. The van der Waals surface area contributed by atoms with Gasteiger partial charge in [-0.25, -0.2) is 4.68 Å². The number of ether oxygens (including phenoxy) is 1. The maximum atomic E-state index is 11.1. The molecule has 0 atom stereocenters. The average molecular weight is 569 g/mol. The number of rotatable bonds is 9.